The van der Waals surface area contributed by atoms with Crippen molar-refractivity contribution in [2.24, 2.45) is 0 Å². The highest BCUT2D eigenvalue weighted by molar-refractivity contribution is 5.87. The predicted octanol–water partition coefficient (Wildman–Crippen LogP) is 3.53. The average Bonchev–Trinajstić information content (AvgIpc) is 3.14. The summed E-state index contributed by atoms with van der Waals surface area (Å²) in [5.74, 6) is 0.0209. The SMILES string of the molecule is CC(C)(C(=O)NCc1ccccc1Cn1cccn1)c1ccccc1. The van der Waals surface area contributed by atoms with Crippen molar-refractivity contribution in [1.82, 2.24) is 15.1 Å². The smallest absolute Gasteiger partial charge is 0.230 e. The molecule has 0 atom stereocenters. The van der Waals surface area contributed by atoms with E-state index in [2.05, 4.69) is 22.5 Å². The summed E-state index contributed by atoms with van der Waals surface area (Å²) < 4.78 is 1.88. The van der Waals surface area contributed by atoms with Crippen molar-refractivity contribution in [3.63, 3.8) is 0 Å². The first-order chi connectivity index (χ1) is 12.1. The van der Waals surface area contributed by atoms with Crippen LogP contribution < -0.4 is 5.32 Å². The van der Waals surface area contributed by atoms with Gasteiger partial charge in [0.2, 0.25) is 5.91 Å². The number of hydrogen-bond acceptors (Lipinski definition) is 2. The summed E-state index contributed by atoms with van der Waals surface area (Å²) in [6.45, 7) is 5.11. The number of hydrogen-bond donors (Lipinski definition) is 1. The molecule has 25 heavy (non-hydrogen) atoms. The molecule has 0 fully saturated rings. The van der Waals surface area contributed by atoms with Crippen molar-refractivity contribution in [1.29, 1.82) is 0 Å². The molecule has 0 spiro atoms. The molecule has 0 radical (unpaired) electrons. The molecule has 1 amide bonds. The van der Waals surface area contributed by atoms with Gasteiger partial charge in [-0.15, -0.1) is 0 Å². The Kier molecular flexibility index (Phi) is 4.98. The van der Waals surface area contributed by atoms with E-state index in [1.165, 1.54) is 0 Å². The van der Waals surface area contributed by atoms with E-state index in [-0.39, 0.29) is 5.91 Å². The van der Waals surface area contributed by atoms with E-state index < -0.39 is 5.41 Å². The highest BCUT2D eigenvalue weighted by Crippen LogP contribution is 2.23. The molecule has 0 aliphatic carbocycles. The van der Waals surface area contributed by atoms with Gasteiger partial charge in [0.15, 0.2) is 0 Å². The number of carbonyl (C=O) groups is 1. The lowest BCUT2D eigenvalue weighted by Crippen LogP contribution is -2.39. The van der Waals surface area contributed by atoms with E-state index in [1.54, 1.807) is 6.20 Å². The lowest BCUT2D eigenvalue weighted by molar-refractivity contribution is -0.125. The van der Waals surface area contributed by atoms with E-state index in [1.807, 2.05) is 73.3 Å². The van der Waals surface area contributed by atoms with Crippen LogP contribution in [0, 0.1) is 0 Å². The molecule has 0 aliphatic rings. The Hall–Kier alpha value is -2.88. The normalized spacial score (nSPS) is 11.3. The number of rotatable bonds is 6. The van der Waals surface area contributed by atoms with Crippen LogP contribution >= 0.6 is 0 Å². The monoisotopic (exact) mass is 333 g/mol. The molecule has 3 rings (SSSR count). The van der Waals surface area contributed by atoms with Crippen LogP contribution in [0.1, 0.15) is 30.5 Å². The lowest BCUT2D eigenvalue weighted by Gasteiger charge is -2.24. The van der Waals surface area contributed by atoms with Gasteiger partial charge in [0, 0.05) is 18.9 Å². The maximum Gasteiger partial charge on any atom is 0.230 e. The molecule has 0 unspecified atom stereocenters. The molecular formula is C21H23N3O. The first-order valence-electron chi connectivity index (χ1n) is 8.45. The van der Waals surface area contributed by atoms with E-state index in [4.69, 9.17) is 0 Å². The van der Waals surface area contributed by atoms with Crippen molar-refractivity contribution < 1.29 is 4.79 Å². The third-order valence-corrected chi connectivity index (χ3v) is 4.51. The predicted molar refractivity (Wildman–Crippen MR) is 99.1 cm³/mol. The van der Waals surface area contributed by atoms with Gasteiger partial charge in [-0.25, -0.2) is 0 Å². The molecule has 0 saturated carbocycles. The van der Waals surface area contributed by atoms with Crippen LogP contribution in [0.5, 0.6) is 0 Å². The number of amides is 1. The molecule has 1 heterocycles. The number of benzene rings is 2. The number of carbonyl (C=O) groups excluding carboxylic acids is 1. The molecule has 0 aliphatic heterocycles. The van der Waals surface area contributed by atoms with E-state index in [0.29, 0.717) is 13.1 Å². The first-order valence-corrected chi connectivity index (χ1v) is 8.45. The van der Waals surface area contributed by atoms with Gasteiger partial charge in [-0.2, -0.15) is 5.10 Å². The van der Waals surface area contributed by atoms with Crippen molar-refractivity contribution in [3.05, 3.63) is 89.7 Å². The fourth-order valence-electron chi connectivity index (χ4n) is 2.84. The van der Waals surface area contributed by atoms with Crippen molar-refractivity contribution in [2.45, 2.75) is 32.4 Å². The Morgan fingerprint density at radius 3 is 2.36 bits per heavy atom. The van der Waals surface area contributed by atoms with Gasteiger partial charge in [-0.05, 0) is 36.6 Å². The highest BCUT2D eigenvalue weighted by Gasteiger charge is 2.29. The number of nitrogens with zero attached hydrogens (tertiary/aromatic N) is 2. The summed E-state index contributed by atoms with van der Waals surface area (Å²) in [5, 5.41) is 7.35. The maximum atomic E-state index is 12.7. The van der Waals surface area contributed by atoms with Crippen molar-refractivity contribution >= 4 is 5.91 Å². The van der Waals surface area contributed by atoms with Gasteiger partial charge in [-0.3, -0.25) is 9.48 Å². The second kappa shape index (κ2) is 7.34. The minimum absolute atomic E-state index is 0.0209. The molecule has 2 aromatic carbocycles. The molecule has 0 saturated heterocycles. The zero-order chi connectivity index (χ0) is 17.7. The van der Waals surface area contributed by atoms with Gasteiger partial charge in [0.1, 0.15) is 0 Å². The molecular weight excluding hydrogens is 310 g/mol. The standard InChI is InChI=1S/C21H23N3O/c1-21(2,19-11-4-3-5-12-19)20(25)22-15-17-9-6-7-10-18(17)16-24-14-8-13-23-24/h3-14H,15-16H2,1-2H3,(H,22,25). The summed E-state index contributed by atoms with van der Waals surface area (Å²) in [6.07, 6.45) is 3.71. The summed E-state index contributed by atoms with van der Waals surface area (Å²) in [6, 6.07) is 19.9. The van der Waals surface area contributed by atoms with Crippen LogP contribution in [0.4, 0.5) is 0 Å². The first kappa shape index (κ1) is 17.0. The highest BCUT2D eigenvalue weighted by atomic mass is 16.2. The summed E-state index contributed by atoms with van der Waals surface area (Å²) in [4.78, 5) is 12.7. The minimum atomic E-state index is -0.571. The van der Waals surface area contributed by atoms with Crippen LogP contribution in [-0.4, -0.2) is 15.7 Å². The Bertz CT molecular complexity index is 823. The van der Waals surface area contributed by atoms with E-state index in [9.17, 15) is 4.79 Å². The van der Waals surface area contributed by atoms with Gasteiger partial charge < -0.3 is 5.32 Å². The average molecular weight is 333 g/mol. The summed E-state index contributed by atoms with van der Waals surface area (Å²) in [5.41, 5.74) is 2.70. The topological polar surface area (TPSA) is 46.9 Å². The number of aromatic nitrogens is 2. The van der Waals surface area contributed by atoms with E-state index in [0.717, 1.165) is 16.7 Å². The maximum absolute atomic E-state index is 12.7. The number of nitrogens with one attached hydrogen (secondary N) is 1. The second-order valence-corrected chi connectivity index (χ2v) is 6.65. The fourth-order valence-corrected chi connectivity index (χ4v) is 2.84. The second-order valence-electron chi connectivity index (χ2n) is 6.65. The van der Waals surface area contributed by atoms with Crippen LogP contribution in [0.2, 0.25) is 0 Å². The molecule has 1 N–H and O–H groups in total. The lowest BCUT2D eigenvalue weighted by atomic mass is 9.83. The molecule has 4 nitrogen and oxygen atoms in total. The fraction of sp³-hybridized carbons (Fsp3) is 0.238. The molecule has 4 heteroatoms. The summed E-state index contributed by atoms with van der Waals surface area (Å²) in [7, 11) is 0. The van der Waals surface area contributed by atoms with Crippen molar-refractivity contribution in [2.75, 3.05) is 0 Å². The Balaban J connectivity index is 1.70. The van der Waals surface area contributed by atoms with Gasteiger partial charge in [0.25, 0.3) is 0 Å². The molecule has 3 aromatic rings. The molecule has 128 valence electrons. The Labute approximate surface area is 148 Å². The van der Waals surface area contributed by atoms with Gasteiger partial charge in [0.05, 0.1) is 12.0 Å². The summed E-state index contributed by atoms with van der Waals surface area (Å²) >= 11 is 0. The zero-order valence-electron chi connectivity index (χ0n) is 14.6. The van der Waals surface area contributed by atoms with Crippen molar-refractivity contribution in [3.8, 4) is 0 Å². The minimum Gasteiger partial charge on any atom is -0.351 e. The van der Waals surface area contributed by atoms with Gasteiger partial charge in [-0.1, -0.05) is 54.6 Å². The third kappa shape index (κ3) is 3.97. The van der Waals surface area contributed by atoms with Gasteiger partial charge >= 0.3 is 0 Å². The van der Waals surface area contributed by atoms with Crippen LogP contribution in [0.25, 0.3) is 0 Å². The molecule has 1 aromatic heterocycles. The van der Waals surface area contributed by atoms with E-state index >= 15 is 0 Å². The van der Waals surface area contributed by atoms with Crippen LogP contribution in [0.3, 0.4) is 0 Å². The zero-order valence-corrected chi connectivity index (χ0v) is 14.6. The largest absolute Gasteiger partial charge is 0.351 e. The quantitative estimate of drug-likeness (QED) is 0.750. The Morgan fingerprint density at radius 2 is 1.68 bits per heavy atom. The molecule has 0 bridgehead atoms. The van der Waals surface area contributed by atoms with Crippen LogP contribution in [-0.2, 0) is 23.3 Å². The third-order valence-electron chi connectivity index (χ3n) is 4.51. The van der Waals surface area contributed by atoms with Crippen LogP contribution in [0.15, 0.2) is 73.1 Å². The Morgan fingerprint density at radius 1 is 1.00 bits per heavy atom.